The first-order valence-corrected chi connectivity index (χ1v) is 11.1. The molecule has 5 nitrogen and oxygen atoms in total. The predicted octanol–water partition coefficient (Wildman–Crippen LogP) is 5.25. The van der Waals surface area contributed by atoms with E-state index in [1.807, 2.05) is 0 Å². The van der Waals surface area contributed by atoms with Gasteiger partial charge in [-0.2, -0.15) is 0 Å². The average molecular weight is 405 g/mol. The van der Waals surface area contributed by atoms with Crippen LogP contribution in [0.5, 0.6) is 0 Å². The zero-order valence-electron chi connectivity index (χ0n) is 18.8. The van der Waals surface area contributed by atoms with Gasteiger partial charge in [-0.25, -0.2) is 4.79 Å². The lowest BCUT2D eigenvalue weighted by Gasteiger charge is -2.22. The van der Waals surface area contributed by atoms with Gasteiger partial charge in [0, 0.05) is 19.2 Å². The van der Waals surface area contributed by atoms with E-state index < -0.39 is 12.0 Å². The number of nitrogens with one attached hydrogen (secondary N) is 2. The third-order valence-corrected chi connectivity index (χ3v) is 5.51. The maximum Gasteiger partial charge on any atom is 0.326 e. The number of allylic oxidation sites excluding steroid dienone is 5. The summed E-state index contributed by atoms with van der Waals surface area (Å²) in [6, 6.07) is -0.754. The van der Waals surface area contributed by atoms with Crippen LogP contribution in [-0.2, 0) is 9.59 Å². The Morgan fingerprint density at radius 3 is 2.48 bits per heavy atom. The standard InChI is InChI=1S/C24H40N2O3/c1-5-19(3)23-21(13-11-17-25-23)16-15-18(2)12-9-7-6-8-10-14-22(24(28)29)26-20(4)27/h15-16,22,25H,5-14,17H2,1-4H3,(H,26,27)(H,28,29)/b18-15+,21-16-,23-19+. The maximum absolute atomic E-state index is 11.1. The van der Waals surface area contributed by atoms with E-state index in [9.17, 15) is 9.59 Å². The van der Waals surface area contributed by atoms with Crippen LogP contribution in [0.3, 0.4) is 0 Å². The summed E-state index contributed by atoms with van der Waals surface area (Å²) in [5.41, 5.74) is 5.63. The number of carboxylic acids is 1. The summed E-state index contributed by atoms with van der Waals surface area (Å²) in [6.45, 7) is 9.06. The van der Waals surface area contributed by atoms with Crippen molar-refractivity contribution >= 4 is 11.9 Å². The Kier molecular flexibility index (Phi) is 12.1. The fraction of sp³-hybridized carbons (Fsp3) is 0.667. The van der Waals surface area contributed by atoms with E-state index in [1.54, 1.807) is 0 Å². The van der Waals surface area contributed by atoms with Crippen LogP contribution in [0.15, 0.2) is 34.6 Å². The molecule has 0 spiro atoms. The second-order valence-electron chi connectivity index (χ2n) is 8.14. The fourth-order valence-corrected chi connectivity index (χ4v) is 3.61. The second-order valence-corrected chi connectivity index (χ2v) is 8.14. The van der Waals surface area contributed by atoms with Crippen molar-refractivity contribution in [2.45, 2.75) is 97.9 Å². The van der Waals surface area contributed by atoms with Gasteiger partial charge in [-0.1, -0.05) is 55.9 Å². The zero-order chi connectivity index (χ0) is 21.6. The van der Waals surface area contributed by atoms with Gasteiger partial charge in [0.25, 0.3) is 0 Å². The molecule has 3 N–H and O–H groups in total. The molecule has 0 aromatic heterocycles. The highest BCUT2D eigenvalue weighted by Gasteiger charge is 2.17. The number of carbonyl (C=O) groups is 2. The number of unbranched alkanes of at least 4 members (excludes halogenated alkanes) is 4. The third kappa shape index (κ3) is 10.3. The molecule has 1 fully saturated rings. The average Bonchev–Trinajstić information content (AvgIpc) is 2.69. The van der Waals surface area contributed by atoms with E-state index in [1.165, 1.54) is 35.8 Å². The van der Waals surface area contributed by atoms with Crippen molar-refractivity contribution in [3.63, 3.8) is 0 Å². The minimum Gasteiger partial charge on any atom is -0.480 e. The molecule has 1 saturated heterocycles. The molecule has 1 aliphatic heterocycles. The van der Waals surface area contributed by atoms with E-state index in [0.29, 0.717) is 6.42 Å². The summed E-state index contributed by atoms with van der Waals surface area (Å²) >= 11 is 0. The summed E-state index contributed by atoms with van der Waals surface area (Å²) in [7, 11) is 0. The molecule has 0 aromatic rings. The number of piperidine rings is 1. The van der Waals surface area contributed by atoms with Crippen LogP contribution < -0.4 is 10.6 Å². The monoisotopic (exact) mass is 404 g/mol. The molecular weight excluding hydrogens is 364 g/mol. The second kappa shape index (κ2) is 14.0. The molecular formula is C24H40N2O3. The Balaban J connectivity index is 2.30. The molecule has 164 valence electrons. The number of aliphatic carboxylic acids is 1. The predicted molar refractivity (Wildman–Crippen MR) is 120 cm³/mol. The van der Waals surface area contributed by atoms with Gasteiger partial charge in [0.15, 0.2) is 0 Å². The zero-order valence-corrected chi connectivity index (χ0v) is 18.8. The normalized spacial score (nSPS) is 18.9. The lowest BCUT2D eigenvalue weighted by atomic mass is 9.96. The number of rotatable bonds is 12. The van der Waals surface area contributed by atoms with Crippen LogP contribution in [-0.4, -0.2) is 29.6 Å². The minimum atomic E-state index is -0.949. The first-order valence-electron chi connectivity index (χ1n) is 11.1. The summed E-state index contributed by atoms with van der Waals surface area (Å²) in [6.07, 6.45) is 14.9. The molecule has 29 heavy (non-hydrogen) atoms. The van der Waals surface area contributed by atoms with Crippen molar-refractivity contribution in [2.24, 2.45) is 0 Å². The Morgan fingerprint density at radius 1 is 1.14 bits per heavy atom. The van der Waals surface area contributed by atoms with Crippen LogP contribution >= 0.6 is 0 Å². The van der Waals surface area contributed by atoms with Gasteiger partial charge in [0.2, 0.25) is 5.91 Å². The number of carboxylic acid groups (broad SMARTS) is 1. The topological polar surface area (TPSA) is 78.4 Å². The Morgan fingerprint density at radius 2 is 1.83 bits per heavy atom. The summed E-state index contributed by atoms with van der Waals surface area (Å²) in [5.74, 6) is -1.23. The first kappa shape index (κ1) is 25.0. The van der Waals surface area contributed by atoms with Crippen LogP contribution in [0.2, 0.25) is 0 Å². The van der Waals surface area contributed by atoms with Gasteiger partial charge < -0.3 is 15.7 Å². The number of hydrogen-bond donors (Lipinski definition) is 3. The largest absolute Gasteiger partial charge is 0.480 e. The highest BCUT2D eigenvalue weighted by atomic mass is 16.4. The van der Waals surface area contributed by atoms with Gasteiger partial charge >= 0.3 is 5.97 Å². The first-order chi connectivity index (χ1) is 13.8. The lowest BCUT2D eigenvalue weighted by molar-refractivity contribution is -0.141. The van der Waals surface area contributed by atoms with Gasteiger partial charge in [-0.15, -0.1) is 0 Å². The van der Waals surface area contributed by atoms with Crippen LogP contribution in [0.25, 0.3) is 0 Å². The van der Waals surface area contributed by atoms with Crippen LogP contribution in [0, 0.1) is 0 Å². The van der Waals surface area contributed by atoms with Crippen molar-refractivity contribution < 1.29 is 14.7 Å². The van der Waals surface area contributed by atoms with E-state index in [0.717, 1.165) is 57.9 Å². The van der Waals surface area contributed by atoms with E-state index in [4.69, 9.17) is 5.11 Å². The number of carbonyl (C=O) groups excluding carboxylic acids is 1. The summed E-state index contributed by atoms with van der Waals surface area (Å²) < 4.78 is 0. The third-order valence-electron chi connectivity index (χ3n) is 5.51. The highest BCUT2D eigenvalue weighted by Crippen LogP contribution is 2.23. The van der Waals surface area contributed by atoms with Crippen LogP contribution in [0.4, 0.5) is 0 Å². The number of amides is 1. The molecule has 0 radical (unpaired) electrons. The summed E-state index contributed by atoms with van der Waals surface area (Å²) in [5, 5.41) is 15.2. The molecule has 0 bridgehead atoms. The van der Waals surface area contributed by atoms with Crippen molar-refractivity contribution in [3.8, 4) is 0 Å². The Labute approximate surface area is 176 Å². The van der Waals surface area contributed by atoms with E-state index in [2.05, 4.69) is 43.6 Å². The molecule has 1 aliphatic rings. The Bertz CT molecular complexity index is 632. The molecule has 1 atom stereocenters. The van der Waals surface area contributed by atoms with E-state index >= 15 is 0 Å². The highest BCUT2D eigenvalue weighted by molar-refractivity contribution is 5.81. The molecule has 1 amide bonds. The van der Waals surface area contributed by atoms with E-state index in [-0.39, 0.29) is 5.91 Å². The minimum absolute atomic E-state index is 0.286. The van der Waals surface area contributed by atoms with Gasteiger partial charge in [-0.05, 0) is 57.9 Å². The summed E-state index contributed by atoms with van der Waals surface area (Å²) in [4.78, 5) is 22.1. The number of hydrogen-bond acceptors (Lipinski definition) is 3. The smallest absolute Gasteiger partial charge is 0.326 e. The molecule has 1 rings (SSSR count). The molecule has 0 aromatic carbocycles. The quantitative estimate of drug-likeness (QED) is 0.388. The maximum atomic E-state index is 11.1. The van der Waals surface area contributed by atoms with Crippen molar-refractivity contribution in [3.05, 3.63) is 34.6 Å². The fourth-order valence-electron chi connectivity index (χ4n) is 3.61. The Hall–Kier alpha value is -2.04. The lowest BCUT2D eigenvalue weighted by Crippen LogP contribution is -2.39. The van der Waals surface area contributed by atoms with Gasteiger partial charge in [0.05, 0.1) is 0 Å². The molecule has 5 heteroatoms. The van der Waals surface area contributed by atoms with Crippen molar-refractivity contribution in [1.29, 1.82) is 0 Å². The van der Waals surface area contributed by atoms with Gasteiger partial charge in [-0.3, -0.25) is 4.79 Å². The van der Waals surface area contributed by atoms with Crippen LogP contribution in [0.1, 0.15) is 91.9 Å². The van der Waals surface area contributed by atoms with Gasteiger partial charge in [0.1, 0.15) is 6.04 Å². The molecule has 0 aliphatic carbocycles. The molecule has 0 saturated carbocycles. The SMILES string of the molecule is CC/C(C)=C1/NCCC/C1=C/C=C(\C)CCCCCCCC(NC(C)=O)C(=O)O. The van der Waals surface area contributed by atoms with Crippen molar-refractivity contribution in [2.75, 3.05) is 6.54 Å². The van der Waals surface area contributed by atoms with Crippen molar-refractivity contribution in [1.82, 2.24) is 10.6 Å². The molecule has 1 unspecified atom stereocenters. The molecule has 1 heterocycles.